The molecule has 0 bridgehead atoms. The number of hydrogen-bond acceptors (Lipinski definition) is 2. The molecule has 1 N–H and O–H groups in total. The monoisotopic (exact) mass is 235 g/mol. The van der Waals surface area contributed by atoms with Crippen LogP contribution in [0.2, 0.25) is 0 Å². The summed E-state index contributed by atoms with van der Waals surface area (Å²) in [6.07, 6.45) is 6.30. The summed E-state index contributed by atoms with van der Waals surface area (Å²) in [6.45, 7) is 5.35. The molecule has 0 amide bonds. The van der Waals surface area contributed by atoms with Crippen molar-refractivity contribution in [2.75, 3.05) is 7.05 Å². The number of nitrogens with one attached hydrogen (secondary N) is 1. The van der Waals surface area contributed by atoms with Crippen molar-refractivity contribution in [3.8, 4) is 0 Å². The summed E-state index contributed by atoms with van der Waals surface area (Å²) in [5.41, 5.74) is 2.66. The zero-order chi connectivity index (χ0) is 12.3. The third-order valence-corrected chi connectivity index (χ3v) is 4.08. The molecule has 3 heteroatoms. The van der Waals surface area contributed by atoms with E-state index in [1.54, 1.807) is 0 Å². The highest BCUT2D eigenvalue weighted by Gasteiger charge is 2.26. The van der Waals surface area contributed by atoms with E-state index < -0.39 is 0 Å². The first-order valence-corrected chi connectivity index (χ1v) is 7.01. The molecule has 0 saturated heterocycles. The summed E-state index contributed by atoms with van der Waals surface area (Å²) < 4.78 is 2.18. The average Bonchev–Trinajstić information content (AvgIpc) is 2.95. The Morgan fingerprint density at radius 2 is 2.24 bits per heavy atom. The van der Waals surface area contributed by atoms with Crippen molar-refractivity contribution < 1.29 is 0 Å². The van der Waals surface area contributed by atoms with Crippen molar-refractivity contribution >= 4 is 0 Å². The summed E-state index contributed by atoms with van der Waals surface area (Å²) in [4.78, 5) is 0. The Hall–Kier alpha value is -0.830. The summed E-state index contributed by atoms with van der Waals surface area (Å²) >= 11 is 0. The van der Waals surface area contributed by atoms with Gasteiger partial charge in [0.15, 0.2) is 0 Å². The molecular weight excluding hydrogens is 210 g/mol. The highest BCUT2D eigenvalue weighted by Crippen LogP contribution is 2.28. The number of hydrogen-bond donors (Lipinski definition) is 1. The predicted molar refractivity (Wildman–Crippen MR) is 71.2 cm³/mol. The fourth-order valence-corrected chi connectivity index (χ4v) is 3.06. The Labute approximate surface area is 105 Å². The predicted octanol–water partition coefficient (Wildman–Crippen LogP) is 2.40. The quantitative estimate of drug-likeness (QED) is 0.849. The maximum atomic E-state index is 4.64. The van der Waals surface area contributed by atoms with Crippen molar-refractivity contribution in [3.63, 3.8) is 0 Å². The number of aryl methyl sites for hydroxylation is 2. The van der Waals surface area contributed by atoms with Crippen LogP contribution in [0.5, 0.6) is 0 Å². The Morgan fingerprint density at radius 1 is 1.41 bits per heavy atom. The van der Waals surface area contributed by atoms with Crippen molar-refractivity contribution in [1.29, 1.82) is 0 Å². The molecule has 0 aliphatic heterocycles. The standard InChI is InChI=1S/C14H25N3/c1-4-12-10-13(17(5-2)16-12)9-11-7-6-8-14(11)15-3/h10-11,14-15H,4-9H2,1-3H3. The Kier molecular flexibility index (Phi) is 4.21. The van der Waals surface area contributed by atoms with Crippen LogP contribution in [0.4, 0.5) is 0 Å². The molecule has 96 valence electrons. The van der Waals surface area contributed by atoms with E-state index >= 15 is 0 Å². The van der Waals surface area contributed by atoms with Gasteiger partial charge in [-0.15, -0.1) is 0 Å². The third-order valence-electron chi connectivity index (χ3n) is 4.08. The van der Waals surface area contributed by atoms with Crippen LogP contribution < -0.4 is 5.32 Å². The minimum absolute atomic E-state index is 0.709. The van der Waals surface area contributed by atoms with Crippen LogP contribution in [-0.4, -0.2) is 22.9 Å². The Balaban J connectivity index is 2.09. The van der Waals surface area contributed by atoms with E-state index in [1.165, 1.54) is 37.1 Å². The molecular formula is C14H25N3. The molecule has 1 fully saturated rings. The molecule has 2 rings (SSSR count). The summed E-state index contributed by atoms with van der Waals surface area (Å²) in [5.74, 6) is 0.798. The first-order valence-electron chi connectivity index (χ1n) is 7.01. The lowest BCUT2D eigenvalue weighted by Gasteiger charge is -2.19. The lowest BCUT2D eigenvalue weighted by molar-refractivity contribution is 0.411. The van der Waals surface area contributed by atoms with Gasteiger partial charge in [-0.25, -0.2) is 0 Å². The molecule has 0 spiro atoms. The summed E-state index contributed by atoms with van der Waals surface area (Å²) in [7, 11) is 2.09. The van der Waals surface area contributed by atoms with E-state index in [9.17, 15) is 0 Å². The SMILES string of the molecule is CCc1cc(CC2CCCC2NC)n(CC)n1. The van der Waals surface area contributed by atoms with Gasteiger partial charge in [0.05, 0.1) is 5.69 Å². The molecule has 1 aliphatic rings. The van der Waals surface area contributed by atoms with Gasteiger partial charge in [0.1, 0.15) is 0 Å². The molecule has 0 radical (unpaired) electrons. The van der Waals surface area contributed by atoms with Gasteiger partial charge < -0.3 is 5.32 Å². The second-order valence-corrected chi connectivity index (χ2v) is 5.09. The van der Waals surface area contributed by atoms with E-state index in [0.717, 1.165) is 18.9 Å². The maximum absolute atomic E-state index is 4.64. The van der Waals surface area contributed by atoms with Crippen molar-refractivity contribution in [2.24, 2.45) is 5.92 Å². The van der Waals surface area contributed by atoms with Crippen LogP contribution in [0.3, 0.4) is 0 Å². The highest BCUT2D eigenvalue weighted by molar-refractivity contribution is 5.12. The maximum Gasteiger partial charge on any atom is 0.0624 e. The molecule has 0 aromatic carbocycles. The van der Waals surface area contributed by atoms with Gasteiger partial charge in [-0.3, -0.25) is 4.68 Å². The minimum Gasteiger partial charge on any atom is -0.317 e. The molecule has 2 unspecified atom stereocenters. The third kappa shape index (κ3) is 2.71. The van der Waals surface area contributed by atoms with Crippen LogP contribution >= 0.6 is 0 Å². The van der Waals surface area contributed by atoms with E-state index in [4.69, 9.17) is 0 Å². The molecule has 1 aromatic rings. The second-order valence-electron chi connectivity index (χ2n) is 5.09. The Bertz CT molecular complexity index is 356. The van der Waals surface area contributed by atoms with Crippen molar-refractivity contribution in [2.45, 2.75) is 58.5 Å². The van der Waals surface area contributed by atoms with Crippen LogP contribution in [0.1, 0.15) is 44.5 Å². The highest BCUT2D eigenvalue weighted by atomic mass is 15.3. The van der Waals surface area contributed by atoms with Gasteiger partial charge in [-0.1, -0.05) is 13.3 Å². The molecule has 1 heterocycles. The van der Waals surface area contributed by atoms with Gasteiger partial charge >= 0.3 is 0 Å². The largest absolute Gasteiger partial charge is 0.317 e. The van der Waals surface area contributed by atoms with Crippen LogP contribution in [0.25, 0.3) is 0 Å². The fraction of sp³-hybridized carbons (Fsp3) is 0.786. The van der Waals surface area contributed by atoms with Gasteiger partial charge in [-0.2, -0.15) is 5.10 Å². The minimum atomic E-state index is 0.709. The smallest absolute Gasteiger partial charge is 0.0624 e. The molecule has 1 saturated carbocycles. The van der Waals surface area contributed by atoms with Crippen LogP contribution in [-0.2, 0) is 19.4 Å². The molecule has 1 aromatic heterocycles. The molecule has 2 atom stereocenters. The molecule has 3 nitrogen and oxygen atoms in total. The normalized spacial score (nSPS) is 24.4. The summed E-state index contributed by atoms with van der Waals surface area (Å²) in [5, 5.41) is 8.10. The van der Waals surface area contributed by atoms with Gasteiger partial charge in [-0.05, 0) is 51.6 Å². The van der Waals surface area contributed by atoms with E-state index in [1.807, 2.05) is 0 Å². The number of aromatic nitrogens is 2. The first-order chi connectivity index (χ1) is 8.28. The van der Waals surface area contributed by atoms with Gasteiger partial charge in [0.2, 0.25) is 0 Å². The topological polar surface area (TPSA) is 29.9 Å². The zero-order valence-corrected chi connectivity index (χ0v) is 11.4. The molecule has 1 aliphatic carbocycles. The van der Waals surface area contributed by atoms with Crippen LogP contribution in [0, 0.1) is 5.92 Å². The number of rotatable bonds is 5. The average molecular weight is 235 g/mol. The zero-order valence-electron chi connectivity index (χ0n) is 11.4. The van der Waals surface area contributed by atoms with E-state index in [-0.39, 0.29) is 0 Å². The lowest BCUT2D eigenvalue weighted by Crippen LogP contribution is -2.30. The van der Waals surface area contributed by atoms with Gasteiger partial charge in [0.25, 0.3) is 0 Å². The molecule has 17 heavy (non-hydrogen) atoms. The van der Waals surface area contributed by atoms with Gasteiger partial charge in [0, 0.05) is 18.3 Å². The van der Waals surface area contributed by atoms with Crippen molar-refractivity contribution in [3.05, 3.63) is 17.5 Å². The first kappa shape index (κ1) is 12.6. The summed E-state index contributed by atoms with van der Waals surface area (Å²) in [6, 6.07) is 3.01. The van der Waals surface area contributed by atoms with Crippen molar-refractivity contribution in [1.82, 2.24) is 15.1 Å². The lowest BCUT2D eigenvalue weighted by atomic mass is 9.97. The number of nitrogens with zero attached hydrogens (tertiary/aromatic N) is 2. The van der Waals surface area contributed by atoms with E-state index in [0.29, 0.717) is 6.04 Å². The fourth-order valence-electron chi connectivity index (χ4n) is 3.06. The second kappa shape index (κ2) is 5.67. The van der Waals surface area contributed by atoms with E-state index in [2.05, 4.69) is 42.1 Å². The van der Waals surface area contributed by atoms with Crippen LogP contribution in [0.15, 0.2) is 6.07 Å². The Morgan fingerprint density at radius 3 is 2.88 bits per heavy atom.